The van der Waals surface area contributed by atoms with Gasteiger partial charge >= 0.3 is 11.8 Å². The van der Waals surface area contributed by atoms with Crippen molar-refractivity contribution in [1.29, 1.82) is 0 Å². The van der Waals surface area contributed by atoms with Crippen LogP contribution in [0.5, 0.6) is 11.5 Å². The van der Waals surface area contributed by atoms with E-state index >= 15 is 0 Å². The smallest absolute Gasteiger partial charge is 0.420 e. The van der Waals surface area contributed by atoms with Crippen LogP contribution in [0.15, 0.2) is 45.6 Å². The van der Waals surface area contributed by atoms with Crippen molar-refractivity contribution in [3.63, 3.8) is 0 Å². The van der Waals surface area contributed by atoms with Crippen LogP contribution in [-0.2, 0) is 6.54 Å². The van der Waals surface area contributed by atoms with E-state index in [1.807, 2.05) is 19.1 Å². The highest BCUT2D eigenvalue weighted by atomic mass is 16.6. The Morgan fingerprint density at radius 3 is 2.78 bits per heavy atom. The molecule has 0 saturated carbocycles. The van der Waals surface area contributed by atoms with Crippen LogP contribution in [-0.4, -0.2) is 30.4 Å². The molecule has 0 bridgehead atoms. The maximum atomic E-state index is 12.1. The van der Waals surface area contributed by atoms with Crippen LogP contribution in [0.25, 0.3) is 11.1 Å². The predicted molar refractivity (Wildman–Crippen MR) is 99.7 cm³/mol. The fourth-order valence-corrected chi connectivity index (χ4v) is 2.96. The second-order valence-corrected chi connectivity index (χ2v) is 6.23. The van der Waals surface area contributed by atoms with Gasteiger partial charge in [0.15, 0.2) is 17.1 Å². The zero-order valence-electron chi connectivity index (χ0n) is 14.8. The zero-order chi connectivity index (χ0) is 18.8. The SMILES string of the molecule is Cc1ccc2oc(=O)n(CCNC(=O)Nc3ccc4c(c3)OCCO4)c2c1. The van der Waals surface area contributed by atoms with Gasteiger partial charge in [0.25, 0.3) is 0 Å². The van der Waals surface area contributed by atoms with Crippen LogP contribution in [0.3, 0.4) is 0 Å². The molecular formula is C19H19N3O5. The summed E-state index contributed by atoms with van der Waals surface area (Å²) in [7, 11) is 0. The summed E-state index contributed by atoms with van der Waals surface area (Å²) < 4.78 is 17.7. The minimum atomic E-state index is -0.440. The monoisotopic (exact) mass is 369 g/mol. The molecule has 1 aromatic heterocycles. The summed E-state index contributed by atoms with van der Waals surface area (Å²) in [5.74, 6) is 0.823. The molecule has 140 valence electrons. The van der Waals surface area contributed by atoms with Gasteiger partial charge in [0.1, 0.15) is 13.2 Å². The van der Waals surface area contributed by atoms with Crippen molar-refractivity contribution in [3.05, 3.63) is 52.5 Å². The molecule has 0 unspecified atom stereocenters. The number of aryl methyl sites for hydroxylation is 1. The largest absolute Gasteiger partial charge is 0.486 e. The summed E-state index contributed by atoms with van der Waals surface area (Å²) in [5.41, 5.74) is 2.88. The standard InChI is InChI=1S/C19H19N3O5/c1-12-2-4-15-14(10-12)22(19(24)27-15)7-6-20-18(23)21-13-3-5-16-17(11-13)26-9-8-25-16/h2-5,10-11H,6-9H2,1H3,(H2,20,21,23). The van der Waals surface area contributed by atoms with Gasteiger partial charge in [-0.2, -0.15) is 0 Å². The lowest BCUT2D eigenvalue weighted by molar-refractivity contribution is 0.171. The van der Waals surface area contributed by atoms with Crippen LogP contribution in [0.2, 0.25) is 0 Å². The fraction of sp³-hybridized carbons (Fsp3) is 0.263. The van der Waals surface area contributed by atoms with E-state index in [-0.39, 0.29) is 12.6 Å². The molecule has 2 heterocycles. The number of nitrogens with zero attached hydrogens (tertiary/aromatic N) is 1. The molecule has 0 saturated heterocycles. The van der Waals surface area contributed by atoms with Crippen LogP contribution < -0.4 is 25.9 Å². The molecule has 8 heteroatoms. The Morgan fingerprint density at radius 1 is 1.11 bits per heavy atom. The second kappa shape index (κ2) is 7.06. The van der Waals surface area contributed by atoms with E-state index in [1.54, 1.807) is 24.3 Å². The number of aromatic nitrogens is 1. The first-order valence-electron chi connectivity index (χ1n) is 8.65. The van der Waals surface area contributed by atoms with E-state index in [2.05, 4.69) is 10.6 Å². The number of hydrogen-bond donors (Lipinski definition) is 2. The molecule has 4 rings (SSSR count). The number of ether oxygens (including phenoxy) is 2. The van der Waals surface area contributed by atoms with Crippen LogP contribution in [0.1, 0.15) is 5.56 Å². The van der Waals surface area contributed by atoms with Gasteiger partial charge in [-0.05, 0) is 36.8 Å². The molecule has 0 atom stereocenters. The van der Waals surface area contributed by atoms with Gasteiger partial charge in [-0.3, -0.25) is 4.57 Å². The number of oxazole rings is 1. The molecule has 0 spiro atoms. The maximum absolute atomic E-state index is 12.1. The molecule has 27 heavy (non-hydrogen) atoms. The number of benzene rings is 2. The summed E-state index contributed by atoms with van der Waals surface area (Å²) in [5, 5.41) is 5.47. The van der Waals surface area contributed by atoms with Crippen LogP contribution in [0.4, 0.5) is 10.5 Å². The van der Waals surface area contributed by atoms with Gasteiger partial charge in [0.2, 0.25) is 0 Å². The highest BCUT2D eigenvalue weighted by Crippen LogP contribution is 2.32. The van der Waals surface area contributed by atoms with Gasteiger partial charge in [-0.1, -0.05) is 6.07 Å². The quantitative estimate of drug-likeness (QED) is 0.737. The number of rotatable bonds is 4. The fourth-order valence-electron chi connectivity index (χ4n) is 2.96. The van der Waals surface area contributed by atoms with Crippen molar-refractivity contribution in [2.45, 2.75) is 13.5 Å². The first kappa shape index (κ1) is 17.0. The van der Waals surface area contributed by atoms with E-state index < -0.39 is 5.76 Å². The summed E-state index contributed by atoms with van der Waals surface area (Å²) in [6, 6.07) is 10.4. The van der Waals surface area contributed by atoms with Crippen molar-refractivity contribution in [1.82, 2.24) is 9.88 Å². The Hall–Kier alpha value is -3.42. The number of carbonyl (C=O) groups is 1. The molecule has 2 N–H and O–H groups in total. The van der Waals surface area contributed by atoms with Crippen molar-refractivity contribution in [3.8, 4) is 11.5 Å². The number of urea groups is 1. The molecule has 2 aromatic carbocycles. The molecule has 2 amide bonds. The third kappa shape index (κ3) is 3.59. The zero-order valence-corrected chi connectivity index (χ0v) is 14.8. The molecule has 1 aliphatic rings. The highest BCUT2D eigenvalue weighted by molar-refractivity contribution is 5.89. The van der Waals surface area contributed by atoms with E-state index in [0.29, 0.717) is 48.0 Å². The topological polar surface area (TPSA) is 94.7 Å². The van der Waals surface area contributed by atoms with Crippen LogP contribution >= 0.6 is 0 Å². The third-order valence-electron chi connectivity index (χ3n) is 4.24. The highest BCUT2D eigenvalue weighted by Gasteiger charge is 2.13. The van der Waals surface area contributed by atoms with Crippen molar-refractivity contribution in [2.24, 2.45) is 0 Å². The maximum Gasteiger partial charge on any atom is 0.420 e. The number of anilines is 1. The Labute approximate surface area is 154 Å². The third-order valence-corrected chi connectivity index (χ3v) is 4.24. The lowest BCUT2D eigenvalue weighted by Gasteiger charge is -2.19. The second-order valence-electron chi connectivity index (χ2n) is 6.23. The molecule has 8 nitrogen and oxygen atoms in total. The van der Waals surface area contributed by atoms with Gasteiger partial charge in [0.05, 0.1) is 5.52 Å². The summed E-state index contributed by atoms with van der Waals surface area (Å²) in [6.07, 6.45) is 0. The lowest BCUT2D eigenvalue weighted by atomic mass is 10.2. The van der Waals surface area contributed by atoms with Gasteiger partial charge in [0, 0.05) is 24.8 Å². The van der Waals surface area contributed by atoms with Gasteiger partial charge < -0.3 is 24.5 Å². The van der Waals surface area contributed by atoms with E-state index in [9.17, 15) is 9.59 Å². The number of fused-ring (bicyclic) bond motifs is 2. The summed E-state index contributed by atoms with van der Waals surface area (Å²) in [4.78, 5) is 24.1. The van der Waals surface area contributed by atoms with Crippen molar-refractivity contribution < 1.29 is 18.7 Å². The number of nitrogens with one attached hydrogen (secondary N) is 2. The number of carbonyl (C=O) groups excluding carboxylic acids is 1. The molecule has 0 aliphatic carbocycles. The Kier molecular flexibility index (Phi) is 4.45. The Balaban J connectivity index is 1.37. The first-order chi connectivity index (χ1) is 13.1. The van der Waals surface area contributed by atoms with Crippen molar-refractivity contribution in [2.75, 3.05) is 25.1 Å². The first-order valence-corrected chi connectivity index (χ1v) is 8.65. The molecule has 0 fully saturated rings. The molecular weight excluding hydrogens is 350 g/mol. The van der Waals surface area contributed by atoms with Gasteiger partial charge in [-0.15, -0.1) is 0 Å². The van der Waals surface area contributed by atoms with Gasteiger partial charge in [-0.25, -0.2) is 9.59 Å². The molecule has 3 aromatic rings. The minimum absolute atomic E-state index is 0.277. The summed E-state index contributed by atoms with van der Waals surface area (Å²) in [6.45, 7) is 3.53. The average molecular weight is 369 g/mol. The molecule has 1 aliphatic heterocycles. The van der Waals surface area contributed by atoms with Crippen LogP contribution in [0, 0.1) is 6.92 Å². The van der Waals surface area contributed by atoms with E-state index in [1.165, 1.54) is 4.57 Å². The normalized spacial score (nSPS) is 12.8. The average Bonchev–Trinajstić information content (AvgIpc) is 2.96. The minimum Gasteiger partial charge on any atom is -0.486 e. The lowest BCUT2D eigenvalue weighted by Crippen LogP contribution is -2.33. The number of amides is 2. The van der Waals surface area contributed by atoms with Crippen molar-refractivity contribution >= 4 is 22.8 Å². The van der Waals surface area contributed by atoms with E-state index in [4.69, 9.17) is 13.9 Å². The van der Waals surface area contributed by atoms with E-state index in [0.717, 1.165) is 5.56 Å². The summed E-state index contributed by atoms with van der Waals surface area (Å²) >= 11 is 0. The molecule has 0 radical (unpaired) electrons. The Morgan fingerprint density at radius 2 is 1.93 bits per heavy atom. The Bertz CT molecular complexity index is 1050. The number of hydrogen-bond acceptors (Lipinski definition) is 5. The predicted octanol–water partition coefficient (Wildman–Crippen LogP) is 2.50.